The molecule has 0 bridgehead atoms. The third-order valence-electron chi connectivity index (χ3n) is 1.68. The lowest BCUT2D eigenvalue weighted by Crippen LogP contribution is -2.01. The van der Waals surface area contributed by atoms with Gasteiger partial charge in [0.05, 0.1) is 12.7 Å². The van der Waals surface area contributed by atoms with Crippen LogP contribution in [0.1, 0.15) is 17.6 Å². The van der Waals surface area contributed by atoms with Gasteiger partial charge in [0, 0.05) is 12.1 Å². The highest BCUT2D eigenvalue weighted by molar-refractivity contribution is 14.1. The van der Waals surface area contributed by atoms with Crippen molar-refractivity contribution in [3.05, 3.63) is 21.0 Å². The summed E-state index contributed by atoms with van der Waals surface area (Å²) in [4.78, 5) is 3.91. The average molecular weight is 334 g/mol. The van der Waals surface area contributed by atoms with E-state index in [0.29, 0.717) is 9.26 Å². The van der Waals surface area contributed by atoms with E-state index < -0.39 is 6.43 Å². The van der Waals surface area contributed by atoms with Gasteiger partial charge in [-0.25, -0.2) is 13.8 Å². The summed E-state index contributed by atoms with van der Waals surface area (Å²) in [5.74, 6) is 0.110. The van der Waals surface area contributed by atoms with Crippen molar-refractivity contribution in [1.29, 1.82) is 0 Å². The number of hydrogen-bond acceptors (Lipinski definition) is 2. The van der Waals surface area contributed by atoms with E-state index in [-0.39, 0.29) is 17.2 Å². The number of methoxy groups -OCH3 is 1. The normalized spacial score (nSPS) is 10.7. The first-order chi connectivity index (χ1) is 6.61. The van der Waals surface area contributed by atoms with Gasteiger partial charge in [-0.1, -0.05) is 0 Å². The maximum absolute atomic E-state index is 12.7. The lowest BCUT2D eigenvalue weighted by Gasteiger charge is -2.12. The third kappa shape index (κ3) is 2.25. The lowest BCUT2D eigenvalue weighted by molar-refractivity contribution is 0.145. The molecule has 2 nitrogen and oxygen atoms in total. The first kappa shape index (κ1) is 11.9. The van der Waals surface area contributed by atoms with Crippen LogP contribution in [0, 0.1) is 3.70 Å². The van der Waals surface area contributed by atoms with E-state index in [1.165, 1.54) is 13.3 Å². The SMILES string of the molecule is COc1c(I)ncc(CCl)c1C(F)F. The molecule has 0 radical (unpaired) electrons. The highest BCUT2D eigenvalue weighted by atomic mass is 127. The minimum Gasteiger partial charge on any atom is -0.493 e. The molecule has 14 heavy (non-hydrogen) atoms. The Hall–Kier alpha value is -0.170. The molecule has 0 aliphatic carbocycles. The second-order valence-electron chi connectivity index (χ2n) is 2.46. The quantitative estimate of drug-likeness (QED) is 0.481. The molecule has 1 rings (SSSR count). The van der Waals surface area contributed by atoms with E-state index in [9.17, 15) is 8.78 Å². The van der Waals surface area contributed by atoms with Crippen molar-refractivity contribution in [2.24, 2.45) is 0 Å². The topological polar surface area (TPSA) is 22.1 Å². The molecule has 1 aromatic rings. The van der Waals surface area contributed by atoms with E-state index in [2.05, 4.69) is 4.98 Å². The lowest BCUT2D eigenvalue weighted by atomic mass is 10.1. The Morgan fingerprint density at radius 3 is 2.71 bits per heavy atom. The molecule has 0 amide bonds. The zero-order chi connectivity index (χ0) is 10.7. The van der Waals surface area contributed by atoms with Crippen molar-refractivity contribution in [3.63, 3.8) is 0 Å². The zero-order valence-electron chi connectivity index (χ0n) is 7.23. The molecule has 0 aliphatic rings. The van der Waals surface area contributed by atoms with Crippen molar-refractivity contribution in [2.75, 3.05) is 7.11 Å². The van der Waals surface area contributed by atoms with Gasteiger partial charge in [0.25, 0.3) is 6.43 Å². The second-order valence-corrected chi connectivity index (χ2v) is 3.74. The van der Waals surface area contributed by atoms with Crippen molar-refractivity contribution < 1.29 is 13.5 Å². The first-order valence-electron chi connectivity index (χ1n) is 3.67. The fraction of sp³-hybridized carbons (Fsp3) is 0.375. The molecule has 0 aliphatic heterocycles. The minimum atomic E-state index is -2.60. The number of rotatable bonds is 3. The first-order valence-corrected chi connectivity index (χ1v) is 5.28. The Labute approximate surface area is 98.8 Å². The number of aromatic nitrogens is 1. The van der Waals surface area contributed by atoms with Crippen molar-refractivity contribution in [1.82, 2.24) is 4.98 Å². The molecule has 0 unspecified atom stereocenters. The van der Waals surface area contributed by atoms with E-state index in [1.54, 1.807) is 0 Å². The Morgan fingerprint density at radius 2 is 2.29 bits per heavy atom. The van der Waals surface area contributed by atoms with Crippen LogP contribution < -0.4 is 4.74 Å². The molecule has 78 valence electrons. The highest BCUT2D eigenvalue weighted by Crippen LogP contribution is 2.35. The van der Waals surface area contributed by atoms with Gasteiger partial charge in [0.15, 0.2) is 5.75 Å². The smallest absolute Gasteiger partial charge is 0.267 e. The van der Waals surface area contributed by atoms with Crippen LogP contribution in [0.15, 0.2) is 6.20 Å². The highest BCUT2D eigenvalue weighted by Gasteiger charge is 2.21. The fourth-order valence-corrected chi connectivity index (χ4v) is 1.92. The van der Waals surface area contributed by atoms with Crippen LogP contribution >= 0.6 is 34.2 Å². The van der Waals surface area contributed by atoms with Crippen molar-refractivity contribution in [3.8, 4) is 5.75 Å². The molecule has 0 saturated carbocycles. The molecule has 6 heteroatoms. The molecule has 0 saturated heterocycles. The molecule has 0 aromatic carbocycles. The number of alkyl halides is 3. The number of halogens is 4. The number of ether oxygens (including phenoxy) is 1. The molecule has 1 aromatic heterocycles. The third-order valence-corrected chi connectivity index (χ3v) is 2.73. The molecular formula is C8H7ClF2INO. The van der Waals surface area contributed by atoms with Crippen molar-refractivity contribution >= 4 is 34.2 Å². The maximum Gasteiger partial charge on any atom is 0.267 e. The van der Waals surface area contributed by atoms with Crippen LogP contribution in [-0.4, -0.2) is 12.1 Å². The van der Waals surface area contributed by atoms with Crippen LogP contribution in [0.25, 0.3) is 0 Å². The minimum absolute atomic E-state index is 0.0000463. The summed E-state index contributed by atoms with van der Waals surface area (Å²) in [6.07, 6.45) is -1.26. The monoisotopic (exact) mass is 333 g/mol. The summed E-state index contributed by atoms with van der Waals surface area (Å²) in [6, 6.07) is 0. The summed E-state index contributed by atoms with van der Waals surface area (Å²) in [5, 5.41) is 0. The van der Waals surface area contributed by atoms with Crippen molar-refractivity contribution in [2.45, 2.75) is 12.3 Å². The standard InChI is InChI=1S/C8H7ClF2INO/c1-14-6-5(7(10)11)4(2-9)3-13-8(6)12/h3,7H,2H2,1H3. The van der Waals surface area contributed by atoms with E-state index >= 15 is 0 Å². The van der Waals surface area contributed by atoms with Gasteiger partial charge in [-0.2, -0.15) is 0 Å². The van der Waals surface area contributed by atoms with E-state index in [4.69, 9.17) is 16.3 Å². The molecule has 1 heterocycles. The Kier molecular flexibility index (Phi) is 4.31. The molecule has 0 N–H and O–H groups in total. The molecular weight excluding hydrogens is 326 g/mol. The molecule has 0 spiro atoms. The van der Waals surface area contributed by atoms with Crippen LogP contribution in [-0.2, 0) is 5.88 Å². The summed E-state index contributed by atoms with van der Waals surface area (Å²) in [5.41, 5.74) is 0.140. The van der Waals surface area contributed by atoms with Crippen LogP contribution in [0.4, 0.5) is 8.78 Å². The van der Waals surface area contributed by atoms with Gasteiger partial charge in [-0.05, 0) is 28.2 Å². The van der Waals surface area contributed by atoms with Crippen LogP contribution in [0.2, 0.25) is 0 Å². The summed E-state index contributed by atoms with van der Waals surface area (Å²) in [6.45, 7) is 0. The predicted octanol–water partition coefficient (Wildman–Crippen LogP) is 3.37. The molecule has 0 fully saturated rings. The van der Waals surface area contributed by atoms with Gasteiger partial charge in [-0.3, -0.25) is 0 Å². The summed E-state index contributed by atoms with van der Waals surface area (Å²) >= 11 is 7.37. The predicted molar refractivity (Wildman–Crippen MR) is 58.0 cm³/mol. The largest absolute Gasteiger partial charge is 0.493 e. The number of hydrogen-bond donors (Lipinski definition) is 0. The Bertz CT molecular complexity index is 335. The second kappa shape index (κ2) is 5.06. The number of pyridine rings is 1. The van der Waals surface area contributed by atoms with Gasteiger partial charge < -0.3 is 4.74 Å². The maximum atomic E-state index is 12.7. The fourth-order valence-electron chi connectivity index (χ4n) is 1.06. The number of nitrogens with zero attached hydrogens (tertiary/aromatic N) is 1. The van der Waals surface area contributed by atoms with Gasteiger partial charge in [0.2, 0.25) is 0 Å². The van der Waals surface area contributed by atoms with E-state index in [0.717, 1.165) is 0 Å². The Balaban J connectivity index is 3.36. The average Bonchev–Trinajstić information content (AvgIpc) is 2.17. The molecule has 0 atom stereocenters. The van der Waals surface area contributed by atoms with Crippen LogP contribution in [0.5, 0.6) is 5.75 Å². The van der Waals surface area contributed by atoms with Crippen LogP contribution in [0.3, 0.4) is 0 Å². The zero-order valence-corrected chi connectivity index (χ0v) is 10.1. The van der Waals surface area contributed by atoms with Gasteiger partial charge >= 0.3 is 0 Å². The summed E-state index contributed by atoms with van der Waals surface area (Å²) in [7, 11) is 1.34. The van der Waals surface area contributed by atoms with E-state index in [1.807, 2.05) is 22.6 Å². The van der Waals surface area contributed by atoms with Gasteiger partial charge in [0.1, 0.15) is 3.70 Å². The Morgan fingerprint density at radius 1 is 1.64 bits per heavy atom. The van der Waals surface area contributed by atoms with Gasteiger partial charge in [-0.15, -0.1) is 11.6 Å². The summed E-state index contributed by atoms with van der Waals surface area (Å²) < 4.78 is 30.6.